The minimum absolute atomic E-state index is 0. The van der Waals surface area contributed by atoms with E-state index in [1.54, 1.807) is 4.68 Å². The van der Waals surface area contributed by atoms with E-state index in [0.29, 0.717) is 19.1 Å². The third-order valence-electron chi connectivity index (χ3n) is 4.26. The van der Waals surface area contributed by atoms with Crippen LogP contribution in [0, 0.1) is 0 Å². The molecule has 0 spiro atoms. The number of hydrogen-bond donors (Lipinski definition) is 2. The van der Waals surface area contributed by atoms with E-state index in [9.17, 15) is 4.79 Å². The summed E-state index contributed by atoms with van der Waals surface area (Å²) in [6.07, 6.45) is 6.01. The number of aromatic nitrogens is 3. The number of carbonyl (C=O) groups excluding carboxylic acids is 1. The first-order valence-corrected chi connectivity index (χ1v) is 8.01. The number of amides is 1. The Kier molecular flexibility index (Phi) is 6.36. The van der Waals surface area contributed by atoms with E-state index < -0.39 is 0 Å². The van der Waals surface area contributed by atoms with E-state index in [-0.39, 0.29) is 18.3 Å². The Hall–Kier alpha value is -1.66. The summed E-state index contributed by atoms with van der Waals surface area (Å²) in [5, 5.41) is 14.4. The second-order valence-corrected chi connectivity index (χ2v) is 6.04. The van der Waals surface area contributed by atoms with Crippen molar-refractivity contribution in [3.8, 4) is 0 Å². The summed E-state index contributed by atoms with van der Waals surface area (Å²) < 4.78 is 1.76. The molecular weight excluding hydrogens is 314 g/mol. The van der Waals surface area contributed by atoms with E-state index >= 15 is 0 Å². The minimum Gasteiger partial charge on any atom is -0.352 e. The molecule has 1 aromatic carbocycles. The maximum atomic E-state index is 11.9. The summed E-state index contributed by atoms with van der Waals surface area (Å²) in [5.74, 6) is 0.0928. The smallest absolute Gasteiger partial charge is 0.234 e. The number of aryl methyl sites for hydroxylation is 1. The van der Waals surface area contributed by atoms with E-state index in [4.69, 9.17) is 0 Å². The van der Waals surface area contributed by atoms with Crippen molar-refractivity contribution in [2.75, 3.05) is 6.54 Å². The number of fused-ring (bicyclic) bond motifs is 1. The number of halogens is 1. The summed E-state index contributed by atoms with van der Waals surface area (Å²) >= 11 is 0. The Bertz CT molecular complexity index is 651. The third kappa shape index (κ3) is 4.65. The van der Waals surface area contributed by atoms with Gasteiger partial charge in [0, 0.05) is 19.6 Å². The monoisotopic (exact) mass is 337 g/mol. The summed E-state index contributed by atoms with van der Waals surface area (Å²) in [4.78, 5) is 11.9. The summed E-state index contributed by atoms with van der Waals surface area (Å²) in [6, 6.07) is 6.41. The highest BCUT2D eigenvalue weighted by Gasteiger charge is 2.15. The lowest BCUT2D eigenvalue weighted by Gasteiger charge is -2.22. The van der Waals surface area contributed by atoms with Gasteiger partial charge in [-0.2, -0.15) is 0 Å². The molecule has 2 aromatic rings. The molecule has 6 nitrogen and oxygen atoms in total. The molecule has 3 rings (SSSR count). The predicted molar refractivity (Wildman–Crippen MR) is 92.5 cm³/mol. The van der Waals surface area contributed by atoms with Gasteiger partial charge in [0.25, 0.3) is 0 Å². The van der Waals surface area contributed by atoms with Gasteiger partial charge in [0.2, 0.25) is 5.91 Å². The van der Waals surface area contributed by atoms with Gasteiger partial charge in [0.1, 0.15) is 5.52 Å². The highest BCUT2D eigenvalue weighted by atomic mass is 35.5. The number of benzene rings is 1. The van der Waals surface area contributed by atoms with Gasteiger partial charge in [0.15, 0.2) is 0 Å². The Labute approximate surface area is 142 Å². The third-order valence-corrected chi connectivity index (χ3v) is 4.26. The second kappa shape index (κ2) is 8.26. The molecule has 2 N–H and O–H groups in total. The molecule has 126 valence electrons. The number of nitrogens with zero attached hydrogens (tertiary/aromatic N) is 3. The number of rotatable bonds is 5. The molecule has 0 atom stereocenters. The van der Waals surface area contributed by atoms with Gasteiger partial charge in [-0.25, -0.2) is 4.68 Å². The molecule has 0 saturated heterocycles. The first-order valence-electron chi connectivity index (χ1n) is 8.01. The maximum absolute atomic E-state index is 11.9. The standard InChI is InChI=1S/C16H23N5O.ClH/c1-21-15-9-12(7-8-14(15)19-20-21)10-17-11-16(22)18-13-5-3-2-4-6-13;/h7-9,13,17H,2-6,10-11H2,1H3,(H,18,22);1H. The SMILES string of the molecule is Cl.Cn1nnc2ccc(CNCC(=O)NC3CCCCC3)cc21. The number of hydrogen-bond acceptors (Lipinski definition) is 4. The van der Waals surface area contributed by atoms with Crippen molar-refractivity contribution in [3.05, 3.63) is 23.8 Å². The number of carbonyl (C=O) groups is 1. The Morgan fingerprint density at radius 2 is 2.09 bits per heavy atom. The van der Waals surface area contributed by atoms with Gasteiger partial charge in [-0.3, -0.25) is 4.79 Å². The number of nitrogens with one attached hydrogen (secondary N) is 2. The Balaban J connectivity index is 0.00000192. The van der Waals surface area contributed by atoms with Crippen molar-refractivity contribution in [3.63, 3.8) is 0 Å². The summed E-state index contributed by atoms with van der Waals surface area (Å²) in [6.45, 7) is 1.03. The zero-order valence-electron chi connectivity index (χ0n) is 13.4. The average molecular weight is 338 g/mol. The first-order chi connectivity index (χ1) is 10.7. The maximum Gasteiger partial charge on any atom is 0.234 e. The van der Waals surface area contributed by atoms with Crippen LogP contribution in [0.25, 0.3) is 11.0 Å². The molecule has 1 aromatic heterocycles. The van der Waals surface area contributed by atoms with Gasteiger partial charge in [-0.1, -0.05) is 30.5 Å². The quantitative estimate of drug-likeness (QED) is 0.874. The average Bonchev–Trinajstić information content (AvgIpc) is 2.89. The predicted octanol–water partition coefficient (Wildman–Crippen LogP) is 1.93. The van der Waals surface area contributed by atoms with Crippen LogP contribution in [0.4, 0.5) is 0 Å². The molecular formula is C16H24ClN5O. The van der Waals surface area contributed by atoms with E-state index in [2.05, 4.69) is 27.0 Å². The normalized spacial score (nSPS) is 15.3. The lowest BCUT2D eigenvalue weighted by Crippen LogP contribution is -2.41. The molecule has 1 fully saturated rings. The molecule has 0 radical (unpaired) electrons. The van der Waals surface area contributed by atoms with Crippen LogP contribution >= 0.6 is 12.4 Å². The molecule has 0 aliphatic heterocycles. The zero-order chi connectivity index (χ0) is 15.4. The van der Waals surface area contributed by atoms with Crippen LogP contribution in [0.5, 0.6) is 0 Å². The first kappa shape index (κ1) is 17.7. The molecule has 0 bridgehead atoms. The Morgan fingerprint density at radius 1 is 1.30 bits per heavy atom. The summed E-state index contributed by atoms with van der Waals surface area (Å²) in [5.41, 5.74) is 3.02. The van der Waals surface area contributed by atoms with E-state index in [0.717, 1.165) is 29.4 Å². The molecule has 1 amide bonds. The van der Waals surface area contributed by atoms with Crippen molar-refractivity contribution in [2.45, 2.75) is 44.7 Å². The van der Waals surface area contributed by atoms with Crippen LogP contribution in [-0.2, 0) is 18.4 Å². The van der Waals surface area contributed by atoms with Gasteiger partial charge < -0.3 is 10.6 Å². The summed E-state index contributed by atoms with van der Waals surface area (Å²) in [7, 11) is 1.88. The van der Waals surface area contributed by atoms with Crippen LogP contribution in [0.15, 0.2) is 18.2 Å². The van der Waals surface area contributed by atoms with Crippen molar-refractivity contribution in [1.29, 1.82) is 0 Å². The van der Waals surface area contributed by atoms with Crippen LogP contribution in [0.1, 0.15) is 37.7 Å². The fourth-order valence-corrected chi connectivity index (χ4v) is 3.03. The van der Waals surface area contributed by atoms with Gasteiger partial charge in [0.05, 0.1) is 12.1 Å². The van der Waals surface area contributed by atoms with Crippen LogP contribution in [0.2, 0.25) is 0 Å². The molecule has 0 unspecified atom stereocenters. The zero-order valence-corrected chi connectivity index (χ0v) is 14.2. The lowest BCUT2D eigenvalue weighted by atomic mass is 9.95. The lowest BCUT2D eigenvalue weighted by molar-refractivity contribution is -0.121. The van der Waals surface area contributed by atoms with E-state index in [1.807, 2.05) is 19.2 Å². The Morgan fingerprint density at radius 3 is 2.87 bits per heavy atom. The van der Waals surface area contributed by atoms with Gasteiger partial charge >= 0.3 is 0 Å². The molecule has 1 aliphatic carbocycles. The molecule has 1 aliphatic rings. The topological polar surface area (TPSA) is 71.8 Å². The van der Waals surface area contributed by atoms with Crippen LogP contribution < -0.4 is 10.6 Å². The van der Waals surface area contributed by atoms with Gasteiger partial charge in [-0.15, -0.1) is 17.5 Å². The fraction of sp³-hybridized carbons (Fsp3) is 0.562. The van der Waals surface area contributed by atoms with Crippen LogP contribution in [0.3, 0.4) is 0 Å². The molecule has 1 heterocycles. The van der Waals surface area contributed by atoms with Crippen molar-refractivity contribution < 1.29 is 4.79 Å². The van der Waals surface area contributed by atoms with Crippen LogP contribution in [-0.4, -0.2) is 33.5 Å². The minimum atomic E-state index is 0. The highest BCUT2D eigenvalue weighted by molar-refractivity contribution is 5.85. The van der Waals surface area contributed by atoms with Crippen molar-refractivity contribution >= 4 is 29.3 Å². The molecule has 23 heavy (non-hydrogen) atoms. The largest absolute Gasteiger partial charge is 0.352 e. The van der Waals surface area contributed by atoms with Crippen molar-refractivity contribution in [1.82, 2.24) is 25.6 Å². The molecule has 7 heteroatoms. The van der Waals surface area contributed by atoms with Crippen molar-refractivity contribution in [2.24, 2.45) is 7.05 Å². The fourth-order valence-electron chi connectivity index (χ4n) is 3.03. The molecule has 1 saturated carbocycles. The van der Waals surface area contributed by atoms with E-state index in [1.165, 1.54) is 19.3 Å². The highest BCUT2D eigenvalue weighted by Crippen LogP contribution is 2.17. The second-order valence-electron chi connectivity index (χ2n) is 6.04. The van der Waals surface area contributed by atoms with Gasteiger partial charge in [-0.05, 0) is 30.5 Å².